The lowest BCUT2D eigenvalue weighted by atomic mass is 9.94. The molecule has 1 aromatic carbocycles. The number of methoxy groups -OCH3 is 1. The van der Waals surface area contributed by atoms with Gasteiger partial charge in [0.2, 0.25) is 5.91 Å². The molecule has 0 aliphatic carbocycles. The molecule has 1 rings (SSSR count). The van der Waals surface area contributed by atoms with Crippen molar-refractivity contribution in [2.75, 3.05) is 7.11 Å². The first-order chi connectivity index (χ1) is 5.63. The predicted octanol–water partition coefficient (Wildman–Crippen LogP) is -0.412. The molecule has 3 nitrogen and oxygen atoms in total. The Morgan fingerprint density at radius 1 is 1.50 bits per heavy atom. The molecule has 1 aromatic rings. The van der Waals surface area contributed by atoms with E-state index in [2.05, 4.69) is 0 Å². The summed E-state index contributed by atoms with van der Waals surface area (Å²) in [5.41, 5.74) is 5.87. The van der Waals surface area contributed by atoms with E-state index >= 15 is 0 Å². The number of nitrogens with two attached hydrogens (primary N) is 1. The predicted molar refractivity (Wildman–Crippen MR) is 46.9 cm³/mol. The van der Waals surface area contributed by atoms with Crippen molar-refractivity contribution in [3.8, 4) is 5.75 Å². The van der Waals surface area contributed by atoms with Gasteiger partial charge in [-0.1, -0.05) is 11.5 Å². The van der Waals surface area contributed by atoms with Gasteiger partial charge in [0.05, 0.1) is 7.11 Å². The Kier molecular flexibility index (Phi) is 2.38. The van der Waals surface area contributed by atoms with Gasteiger partial charge in [0.15, 0.2) is 0 Å². The minimum absolute atomic E-state index is 0.354. The normalized spacial score (nSPS) is 9.42. The molecule has 0 spiro atoms. The van der Waals surface area contributed by atoms with Crippen molar-refractivity contribution in [1.82, 2.24) is 0 Å². The van der Waals surface area contributed by atoms with Gasteiger partial charge in [-0.15, -0.1) is 0 Å². The number of benzene rings is 1. The van der Waals surface area contributed by atoms with Crippen molar-refractivity contribution >= 4 is 19.2 Å². The average molecular weight is 161 g/mol. The molecule has 2 N–H and O–H groups in total. The number of carbonyl (C=O) groups excluding carboxylic acids is 1. The lowest BCUT2D eigenvalue weighted by molar-refractivity contribution is 0.1000. The Morgan fingerprint density at radius 3 is 2.67 bits per heavy atom. The molecule has 2 radical (unpaired) electrons. The van der Waals surface area contributed by atoms with Crippen LogP contribution in [0.2, 0.25) is 0 Å². The van der Waals surface area contributed by atoms with E-state index in [1.165, 1.54) is 13.2 Å². The van der Waals surface area contributed by atoms with Crippen molar-refractivity contribution in [1.29, 1.82) is 0 Å². The number of hydrogen-bond donors (Lipinski definition) is 1. The molecule has 0 aromatic heterocycles. The second-order valence-electron chi connectivity index (χ2n) is 2.36. The minimum atomic E-state index is -0.513. The topological polar surface area (TPSA) is 52.3 Å². The van der Waals surface area contributed by atoms with Crippen LogP contribution in [0.15, 0.2) is 18.2 Å². The molecule has 0 aliphatic heterocycles. The van der Waals surface area contributed by atoms with Gasteiger partial charge < -0.3 is 10.5 Å². The van der Waals surface area contributed by atoms with Crippen molar-refractivity contribution < 1.29 is 9.53 Å². The van der Waals surface area contributed by atoms with Gasteiger partial charge in [0.1, 0.15) is 13.6 Å². The van der Waals surface area contributed by atoms with Crippen LogP contribution in [0.25, 0.3) is 0 Å². The maximum absolute atomic E-state index is 10.7. The van der Waals surface area contributed by atoms with Crippen molar-refractivity contribution in [2.45, 2.75) is 0 Å². The van der Waals surface area contributed by atoms with Crippen molar-refractivity contribution in [3.63, 3.8) is 0 Å². The molecule has 12 heavy (non-hydrogen) atoms. The Morgan fingerprint density at radius 2 is 2.17 bits per heavy atom. The molecule has 60 valence electrons. The Hall–Kier alpha value is -1.45. The van der Waals surface area contributed by atoms with Crippen LogP contribution in [0.4, 0.5) is 0 Å². The highest BCUT2D eigenvalue weighted by molar-refractivity contribution is 6.32. The third-order valence-electron chi connectivity index (χ3n) is 1.45. The second kappa shape index (κ2) is 3.30. The zero-order valence-electron chi connectivity index (χ0n) is 6.70. The largest absolute Gasteiger partial charge is 0.497 e. The number of hydrogen-bond acceptors (Lipinski definition) is 2. The lowest BCUT2D eigenvalue weighted by Crippen LogP contribution is -2.14. The van der Waals surface area contributed by atoms with Crippen LogP contribution < -0.4 is 15.9 Å². The summed E-state index contributed by atoms with van der Waals surface area (Å²) in [5, 5.41) is 0. The summed E-state index contributed by atoms with van der Waals surface area (Å²) >= 11 is 0. The van der Waals surface area contributed by atoms with E-state index in [1.54, 1.807) is 12.1 Å². The quantitative estimate of drug-likeness (QED) is 0.599. The summed E-state index contributed by atoms with van der Waals surface area (Å²) in [4.78, 5) is 10.7. The summed E-state index contributed by atoms with van der Waals surface area (Å²) < 4.78 is 4.90. The van der Waals surface area contributed by atoms with Gasteiger partial charge in [-0.25, -0.2) is 0 Å². The number of ether oxygens (including phenoxy) is 1. The van der Waals surface area contributed by atoms with Crippen LogP contribution in [0, 0.1) is 0 Å². The fourth-order valence-corrected chi connectivity index (χ4v) is 0.882. The van der Waals surface area contributed by atoms with Crippen molar-refractivity contribution in [3.05, 3.63) is 23.8 Å². The van der Waals surface area contributed by atoms with E-state index in [0.29, 0.717) is 16.8 Å². The van der Waals surface area contributed by atoms with E-state index < -0.39 is 5.91 Å². The molecule has 0 heterocycles. The van der Waals surface area contributed by atoms with Crippen LogP contribution in [0.1, 0.15) is 10.4 Å². The number of primary amides is 1. The molecule has 1 amide bonds. The zero-order valence-corrected chi connectivity index (χ0v) is 6.70. The molecule has 0 saturated carbocycles. The maximum Gasteiger partial charge on any atom is 0.248 e. The summed E-state index contributed by atoms with van der Waals surface area (Å²) in [6.07, 6.45) is 0. The first-order valence-electron chi connectivity index (χ1n) is 3.38. The minimum Gasteiger partial charge on any atom is -0.497 e. The van der Waals surface area contributed by atoms with Gasteiger partial charge in [0.25, 0.3) is 0 Å². The monoisotopic (exact) mass is 161 g/mol. The fourth-order valence-electron chi connectivity index (χ4n) is 0.882. The van der Waals surface area contributed by atoms with E-state index in [1.807, 2.05) is 0 Å². The number of rotatable bonds is 2. The van der Waals surface area contributed by atoms with Crippen LogP contribution in [-0.2, 0) is 0 Å². The Balaban J connectivity index is 3.15. The smallest absolute Gasteiger partial charge is 0.248 e. The van der Waals surface area contributed by atoms with Crippen LogP contribution in [0.3, 0.4) is 0 Å². The standard InChI is InChI=1S/C8H8BNO2/c1-12-7-3-5(8(10)11)2-6(9)4-7/h2-4H,1H3,(H2,10,11). The van der Waals surface area contributed by atoms with Gasteiger partial charge in [-0.05, 0) is 12.1 Å². The van der Waals surface area contributed by atoms with Gasteiger partial charge in [0, 0.05) is 5.56 Å². The van der Waals surface area contributed by atoms with Gasteiger partial charge in [-0.2, -0.15) is 0 Å². The first-order valence-corrected chi connectivity index (χ1v) is 3.38. The molecular formula is C8H8BNO2. The highest BCUT2D eigenvalue weighted by Crippen LogP contribution is 2.09. The average Bonchev–Trinajstić information content (AvgIpc) is 2.03. The highest BCUT2D eigenvalue weighted by atomic mass is 16.5. The van der Waals surface area contributed by atoms with Crippen LogP contribution in [-0.4, -0.2) is 20.9 Å². The second-order valence-corrected chi connectivity index (χ2v) is 2.36. The van der Waals surface area contributed by atoms with E-state index in [-0.39, 0.29) is 0 Å². The fraction of sp³-hybridized carbons (Fsp3) is 0.125. The van der Waals surface area contributed by atoms with E-state index in [9.17, 15) is 4.79 Å². The molecule has 4 heteroatoms. The molecule has 0 atom stereocenters. The Bertz CT molecular complexity index is 312. The molecule has 0 aliphatic rings. The van der Waals surface area contributed by atoms with Gasteiger partial charge in [-0.3, -0.25) is 4.79 Å². The summed E-state index contributed by atoms with van der Waals surface area (Å²) in [6.45, 7) is 0. The first kappa shape index (κ1) is 8.65. The summed E-state index contributed by atoms with van der Waals surface area (Å²) in [6, 6.07) is 4.66. The lowest BCUT2D eigenvalue weighted by Gasteiger charge is -2.03. The van der Waals surface area contributed by atoms with E-state index in [0.717, 1.165) is 0 Å². The zero-order chi connectivity index (χ0) is 9.14. The highest BCUT2D eigenvalue weighted by Gasteiger charge is 2.02. The molecule has 0 unspecified atom stereocenters. The van der Waals surface area contributed by atoms with Crippen molar-refractivity contribution in [2.24, 2.45) is 5.73 Å². The molecule has 0 fully saturated rings. The van der Waals surface area contributed by atoms with Crippen LogP contribution >= 0.6 is 0 Å². The number of carbonyl (C=O) groups is 1. The summed E-state index contributed by atoms with van der Waals surface area (Å²) in [7, 11) is 6.98. The Labute approximate surface area is 71.9 Å². The molecular weight excluding hydrogens is 153 g/mol. The SMILES string of the molecule is [B]c1cc(OC)cc(C(N)=O)c1. The third-order valence-corrected chi connectivity index (χ3v) is 1.45. The third kappa shape index (κ3) is 1.78. The van der Waals surface area contributed by atoms with Gasteiger partial charge >= 0.3 is 0 Å². The molecule has 0 saturated heterocycles. The maximum atomic E-state index is 10.7. The summed E-state index contributed by atoms with van der Waals surface area (Å²) in [5.74, 6) is 0.0180. The van der Waals surface area contributed by atoms with Crippen LogP contribution in [0.5, 0.6) is 5.75 Å². The number of amides is 1. The van der Waals surface area contributed by atoms with E-state index in [4.69, 9.17) is 18.3 Å². The molecule has 0 bridgehead atoms.